The number of benzene rings is 1. The summed E-state index contributed by atoms with van der Waals surface area (Å²) < 4.78 is 18.0. The van der Waals surface area contributed by atoms with Crippen molar-refractivity contribution in [3.8, 4) is 5.75 Å². The Morgan fingerprint density at radius 2 is 2.29 bits per heavy atom. The number of hydrogen-bond donors (Lipinski definition) is 2. The Labute approximate surface area is 98.4 Å². The molecule has 1 aliphatic carbocycles. The number of carboxylic acid groups (broad SMARTS) is 1. The van der Waals surface area contributed by atoms with Crippen molar-refractivity contribution in [3.63, 3.8) is 0 Å². The van der Waals surface area contributed by atoms with Crippen LogP contribution in [0.25, 0.3) is 0 Å². The molecule has 92 valence electrons. The van der Waals surface area contributed by atoms with Crippen LogP contribution in [0.4, 0.5) is 10.1 Å². The fourth-order valence-electron chi connectivity index (χ4n) is 1.93. The third-order valence-electron chi connectivity index (χ3n) is 3.09. The first-order valence-corrected chi connectivity index (χ1v) is 5.44. The van der Waals surface area contributed by atoms with Gasteiger partial charge in [-0.2, -0.15) is 0 Å². The highest BCUT2D eigenvalue weighted by Gasteiger charge is 2.36. The molecule has 0 amide bonds. The molecule has 17 heavy (non-hydrogen) atoms. The SMILES string of the molecule is COc1cc(NC2CCC2C(=O)O)ccc1F. The zero-order valence-corrected chi connectivity index (χ0v) is 9.44. The molecule has 1 fully saturated rings. The molecule has 0 radical (unpaired) electrons. The third-order valence-corrected chi connectivity index (χ3v) is 3.09. The van der Waals surface area contributed by atoms with Crippen LogP contribution in [0.5, 0.6) is 5.75 Å². The Morgan fingerprint density at radius 1 is 1.53 bits per heavy atom. The van der Waals surface area contributed by atoms with Gasteiger partial charge in [0.25, 0.3) is 0 Å². The van der Waals surface area contributed by atoms with Gasteiger partial charge < -0.3 is 15.2 Å². The first-order valence-electron chi connectivity index (χ1n) is 5.44. The molecule has 0 aliphatic heterocycles. The molecule has 4 nitrogen and oxygen atoms in total. The number of carbonyl (C=O) groups is 1. The van der Waals surface area contributed by atoms with Crippen LogP contribution in [0.15, 0.2) is 18.2 Å². The van der Waals surface area contributed by atoms with E-state index in [1.54, 1.807) is 6.07 Å². The van der Waals surface area contributed by atoms with Crippen molar-refractivity contribution in [1.29, 1.82) is 0 Å². The van der Waals surface area contributed by atoms with Gasteiger partial charge in [0.2, 0.25) is 0 Å². The fraction of sp³-hybridized carbons (Fsp3) is 0.417. The highest BCUT2D eigenvalue weighted by atomic mass is 19.1. The van der Waals surface area contributed by atoms with Crippen molar-refractivity contribution in [2.75, 3.05) is 12.4 Å². The summed E-state index contributed by atoms with van der Waals surface area (Å²) in [5.41, 5.74) is 0.680. The quantitative estimate of drug-likeness (QED) is 0.844. The summed E-state index contributed by atoms with van der Waals surface area (Å²) in [6, 6.07) is 4.33. The number of anilines is 1. The second-order valence-corrected chi connectivity index (χ2v) is 4.12. The first-order chi connectivity index (χ1) is 8.11. The van der Waals surface area contributed by atoms with E-state index in [-0.39, 0.29) is 17.7 Å². The average molecular weight is 239 g/mol. The molecule has 0 spiro atoms. The molecule has 1 aromatic carbocycles. The molecule has 2 atom stereocenters. The van der Waals surface area contributed by atoms with Crippen LogP contribution in [0.2, 0.25) is 0 Å². The minimum absolute atomic E-state index is 0.0809. The van der Waals surface area contributed by atoms with E-state index in [2.05, 4.69) is 5.32 Å². The van der Waals surface area contributed by atoms with E-state index in [1.807, 2.05) is 0 Å². The number of carboxylic acids is 1. The molecule has 5 heteroatoms. The Kier molecular flexibility index (Phi) is 3.17. The van der Waals surface area contributed by atoms with E-state index in [0.717, 1.165) is 6.42 Å². The van der Waals surface area contributed by atoms with E-state index < -0.39 is 11.8 Å². The van der Waals surface area contributed by atoms with Gasteiger partial charge in [-0.05, 0) is 25.0 Å². The van der Waals surface area contributed by atoms with Gasteiger partial charge in [-0.3, -0.25) is 4.79 Å². The van der Waals surface area contributed by atoms with E-state index in [4.69, 9.17) is 9.84 Å². The number of aliphatic carboxylic acids is 1. The Balaban J connectivity index is 2.06. The average Bonchev–Trinajstić information content (AvgIpc) is 2.25. The third kappa shape index (κ3) is 2.33. The zero-order chi connectivity index (χ0) is 12.4. The number of methoxy groups -OCH3 is 1. The maximum atomic E-state index is 13.2. The molecule has 1 aliphatic rings. The normalized spacial score (nSPS) is 22.7. The zero-order valence-electron chi connectivity index (χ0n) is 9.44. The Morgan fingerprint density at radius 3 is 2.82 bits per heavy atom. The maximum Gasteiger partial charge on any atom is 0.308 e. The van der Waals surface area contributed by atoms with Gasteiger partial charge in [-0.15, -0.1) is 0 Å². The van der Waals surface area contributed by atoms with Crippen LogP contribution in [-0.2, 0) is 4.79 Å². The molecule has 1 aromatic rings. The summed E-state index contributed by atoms with van der Waals surface area (Å²) in [7, 11) is 1.39. The van der Waals surface area contributed by atoms with Crippen molar-refractivity contribution < 1.29 is 19.0 Å². The standard InChI is InChI=1S/C12H14FNO3/c1-17-11-6-7(2-4-9(11)13)14-10-5-3-8(10)12(15)16/h2,4,6,8,10,14H,3,5H2,1H3,(H,15,16). The molecule has 0 aromatic heterocycles. The summed E-state index contributed by atoms with van der Waals surface area (Å²) in [6.07, 6.45) is 1.50. The van der Waals surface area contributed by atoms with Crippen molar-refractivity contribution in [1.82, 2.24) is 0 Å². The predicted octanol–water partition coefficient (Wildman–Crippen LogP) is 2.11. The molecule has 1 saturated carbocycles. The minimum atomic E-state index is -0.789. The maximum absolute atomic E-state index is 13.2. The van der Waals surface area contributed by atoms with Gasteiger partial charge in [0.1, 0.15) is 0 Å². The van der Waals surface area contributed by atoms with Crippen LogP contribution < -0.4 is 10.1 Å². The van der Waals surface area contributed by atoms with Crippen molar-refractivity contribution in [3.05, 3.63) is 24.0 Å². The van der Waals surface area contributed by atoms with Gasteiger partial charge in [-0.1, -0.05) is 0 Å². The molecule has 2 N–H and O–H groups in total. The van der Waals surface area contributed by atoms with Gasteiger partial charge in [-0.25, -0.2) is 4.39 Å². The van der Waals surface area contributed by atoms with E-state index in [0.29, 0.717) is 12.1 Å². The summed E-state index contributed by atoms with van der Waals surface area (Å²) >= 11 is 0. The molecular formula is C12H14FNO3. The molecule has 0 heterocycles. The van der Waals surface area contributed by atoms with Crippen molar-refractivity contribution in [2.24, 2.45) is 5.92 Å². The molecule has 2 rings (SSSR count). The molecule has 2 unspecified atom stereocenters. The van der Waals surface area contributed by atoms with Gasteiger partial charge in [0.05, 0.1) is 13.0 Å². The summed E-state index contributed by atoms with van der Waals surface area (Å²) in [6.45, 7) is 0. The Bertz CT molecular complexity index is 436. The minimum Gasteiger partial charge on any atom is -0.494 e. The van der Waals surface area contributed by atoms with Crippen LogP contribution >= 0.6 is 0 Å². The summed E-state index contributed by atoms with van der Waals surface area (Å²) in [4.78, 5) is 10.8. The number of nitrogens with one attached hydrogen (secondary N) is 1. The molecule has 0 bridgehead atoms. The first kappa shape index (κ1) is 11.7. The molecular weight excluding hydrogens is 225 g/mol. The number of halogens is 1. The predicted molar refractivity (Wildman–Crippen MR) is 60.7 cm³/mol. The van der Waals surface area contributed by atoms with Gasteiger partial charge in [0.15, 0.2) is 11.6 Å². The lowest BCUT2D eigenvalue weighted by Crippen LogP contribution is -2.42. The lowest BCUT2D eigenvalue weighted by molar-refractivity contribution is -0.144. The van der Waals surface area contributed by atoms with E-state index in [9.17, 15) is 9.18 Å². The van der Waals surface area contributed by atoms with Crippen LogP contribution in [0.1, 0.15) is 12.8 Å². The lowest BCUT2D eigenvalue weighted by atomic mass is 9.79. The van der Waals surface area contributed by atoms with Crippen molar-refractivity contribution in [2.45, 2.75) is 18.9 Å². The van der Waals surface area contributed by atoms with Crippen molar-refractivity contribution >= 4 is 11.7 Å². The van der Waals surface area contributed by atoms with Crippen LogP contribution in [-0.4, -0.2) is 24.2 Å². The largest absolute Gasteiger partial charge is 0.494 e. The highest BCUT2D eigenvalue weighted by molar-refractivity contribution is 5.73. The Hall–Kier alpha value is -1.78. The summed E-state index contributed by atoms with van der Waals surface area (Å²) in [5.74, 6) is -1.42. The summed E-state index contributed by atoms with van der Waals surface area (Å²) in [5, 5.41) is 12.0. The number of rotatable bonds is 4. The second-order valence-electron chi connectivity index (χ2n) is 4.12. The highest BCUT2D eigenvalue weighted by Crippen LogP contribution is 2.32. The van der Waals surface area contributed by atoms with Crippen LogP contribution in [0.3, 0.4) is 0 Å². The number of hydrogen-bond acceptors (Lipinski definition) is 3. The smallest absolute Gasteiger partial charge is 0.308 e. The fourth-order valence-corrected chi connectivity index (χ4v) is 1.93. The second kappa shape index (κ2) is 4.61. The van der Waals surface area contributed by atoms with E-state index in [1.165, 1.54) is 19.2 Å². The van der Waals surface area contributed by atoms with Crippen LogP contribution in [0, 0.1) is 11.7 Å². The molecule has 0 saturated heterocycles. The monoisotopic (exact) mass is 239 g/mol. The van der Waals surface area contributed by atoms with Gasteiger partial charge in [0, 0.05) is 17.8 Å². The topological polar surface area (TPSA) is 58.6 Å². The van der Waals surface area contributed by atoms with E-state index >= 15 is 0 Å². The van der Waals surface area contributed by atoms with Gasteiger partial charge >= 0.3 is 5.97 Å². The number of ether oxygens (including phenoxy) is 1. The lowest BCUT2D eigenvalue weighted by Gasteiger charge is -2.34.